The molecule has 1 rings (SSSR count). The largest absolute Gasteiger partial charge is 0.330 e. The number of aromatic nitrogens is 1. The Morgan fingerprint density at radius 3 is 2.93 bits per heavy atom. The van der Waals surface area contributed by atoms with Crippen LogP contribution in [0.15, 0.2) is 24.5 Å². The number of rotatable bonds is 5. The molecule has 1 unspecified atom stereocenters. The Balaban J connectivity index is 2.37. The van der Waals surface area contributed by atoms with Crippen molar-refractivity contribution in [2.45, 2.75) is 13.5 Å². The van der Waals surface area contributed by atoms with Gasteiger partial charge in [0.15, 0.2) is 0 Å². The summed E-state index contributed by atoms with van der Waals surface area (Å²) in [7, 11) is 2.11. The second kappa shape index (κ2) is 5.73. The first kappa shape index (κ1) is 11.1. The molecule has 0 aromatic carbocycles. The average Bonchev–Trinajstić information content (AvgIpc) is 2.19. The molecule has 3 heteroatoms. The maximum Gasteiger partial charge on any atom is 0.0312 e. The fourth-order valence-corrected chi connectivity index (χ4v) is 1.47. The van der Waals surface area contributed by atoms with Gasteiger partial charge in [-0.1, -0.05) is 13.0 Å². The molecule has 1 heterocycles. The molecule has 1 aromatic heterocycles. The van der Waals surface area contributed by atoms with Crippen molar-refractivity contribution >= 4 is 0 Å². The Bertz CT molecular complexity index is 248. The number of hydrogen-bond acceptors (Lipinski definition) is 3. The van der Waals surface area contributed by atoms with E-state index in [1.54, 1.807) is 6.20 Å². The van der Waals surface area contributed by atoms with Crippen LogP contribution in [0.25, 0.3) is 0 Å². The van der Waals surface area contributed by atoms with Gasteiger partial charge in [-0.15, -0.1) is 0 Å². The van der Waals surface area contributed by atoms with Crippen molar-refractivity contribution in [2.75, 3.05) is 20.1 Å². The fraction of sp³-hybridized carbons (Fsp3) is 0.545. The molecular weight excluding hydrogens is 174 g/mol. The third-order valence-corrected chi connectivity index (χ3v) is 2.20. The summed E-state index contributed by atoms with van der Waals surface area (Å²) in [6.45, 7) is 4.89. The van der Waals surface area contributed by atoms with E-state index < -0.39 is 0 Å². The van der Waals surface area contributed by atoms with Crippen LogP contribution in [-0.2, 0) is 6.54 Å². The molecule has 1 aromatic rings. The predicted molar refractivity (Wildman–Crippen MR) is 58.8 cm³/mol. The van der Waals surface area contributed by atoms with Crippen molar-refractivity contribution in [2.24, 2.45) is 11.7 Å². The highest BCUT2D eigenvalue weighted by Crippen LogP contribution is 2.03. The normalized spacial score (nSPS) is 13.1. The summed E-state index contributed by atoms with van der Waals surface area (Å²) in [5.74, 6) is 0.552. The van der Waals surface area contributed by atoms with E-state index in [0.29, 0.717) is 5.92 Å². The minimum atomic E-state index is 0.552. The van der Waals surface area contributed by atoms with Crippen LogP contribution in [0.3, 0.4) is 0 Å². The standard InChI is InChI=1S/C11H19N3/c1-10(6-12)8-14(2)9-11-4-3-5-13-7-11/h3-5,7,10H,6,8-9,12H2,1-2H3. The van der Waals surface area contributed by atoms with E-state index in [0.717, 1.165) is 19.6 Å². The quantitative estimate of drug-likeness (QED) is 0.761. The van der Waals surface area contributed by atoms with Crippen molar-refractivity contribution < 1.29 is 0 Å². The third-order valence-electron chi connectivity index (χ3n) is 2.20. The average molecular weight is 193 g/mol. The Hall–Kier alpha value is -0.930. The topological polar surface area (TPSA) is 42.1 Å². The number of nitrogens with zero attached hydrogens (tertiary/aromatic N) is 2. The van der Waals surface area contributed by atoms with Gasteiger partial charge in [-0.25, -0.2) is 0 Å². The lowest BCUT2D eigenvalue weighted by atomic mass is 10.1. The molecule has 0 radical (unpaired) electrons. The molecule has 0 spiro atoms. The van der Waals surface area contributed by atoms with Crippen LogP contribution in [0, 0.1) is 5.92 Å². The summed E-state index contributed by atoms with van der Waals surface area (Å²) in [4.78, 5) is 6.36. The van der Waals surface area contributed by atoms with Gasteiger partial charge in [0.2, 0.25) is 0 Å². The van der Waals surface area contributed by atoms with Crippen LogP contribution >= 0.6 is 0 Å². The van der Waals surface area contributed by atoms with Crippen molar-refractivity contribution in [3.05, 3.63) is 30.1 Å². The van der Waals surface area contributed by atoms with Crippen LogP contribution < -0.4 is 5.73 Å². The summed E-state index contributed by atoms with van der Waals surface area (Å²) in [5, 5.41) is 0. The highest BCUT2D eigenvalue weighted by atomic mass is 15.1. The van der Waals surface area contributed by atoms with Gasteiger partial charge in [-0.2, -0.15) is 0 Å². The van der Waals surface area contributed by atoms with Gasteiger partial charge in [-0.3, -0.25) is 4.98 Å². The molecule has 0 amide bonds. The van der Waals surface area contributed by atoms with Gasteiger partial charge in [-0.05, 0) is 31.1 Å². The van der Waals surface area contributed by atoms with E-state index in [-0.39, 0.29) is 0 Å². The van der Waals surface area contributed by atoms with E-state index in [2.05, 4.69) is 29.9 Å². The molecule has 0 aliphatic carbocycles. The van der Waals surface area contributed by atoms with Crippen LogP contribution in [0.4, 0.5) is 0 Å². The van der Waals surface area contributed by atoms with Gasteiger partial charge in [0.1, 0.15) is 0 Å². The second-order valence-corrected chi connectivity index (χ2v) is 3.90. The first-order chi connectivity index (χ1) is 6.72. The minimum Gasteiger partial charge on any atom is -0.330 e. The van der Waals surface area contributed by atoms with E-state index in [1.807, 2.05) is 12.3 Å². The summed E-state index contributed by atoms with van der Waals surface area (Å²) in [6, 6.07) is 4.06. The van der Waals surface area contributed by atoms with Gasteiger partial charge in [0.05, 0.1) is 0 Å². The highest BCUT2D eigenvalue weighted by Gasteiger charge is 2.04. The van der Waals surface area contributed by atoms with Crippen LogP contribution in [0.1, 0.15) is 12.5 Å². The van der Waals surface area contributed by atoms with Gasteiger partial charge < -0.3 is 10.6 Å². The zero-order valence-corrected chi connectivity index (χ0v) is 8.98. The summed E-state index contributed by atoms with van der Waals surface area (Å²) >= 11 is 0. The molecule has 2 N–H and O–H groups in total. The van der Waals surface area contributed by atoms with Crippen molar-refractivity contribution in [1.82, 2.24) is 9.88 Å². The lowest BCUT2D eigenvalue weighted by Gasteiger charge is -2.19. The molecule has 1 atom stereocenters. The Labute approximate surface area is 85.9 Å². The van der Waals surface area contributed by atoms with E-state index in [1.165, 1.54) is 5.56 Å². The molecule has 0 fully saturated rings. The molecule has 0 bridgehead atoms. The van der Waals surface area contributed by atoms with Crippen LogP contribution in [-0.4, -0.2) is 30.0 Å². The van der Waals surface area contributed by atoms with Crippen molar-refractivity contribution in [3.8, 4) is 0 Å². The van der Waals surface area contributed by atoms with Crippen molar-refractivity contribution in [1.29, 1.82) is 0 Å². The van der Waals surface area contributed by atoms with Crippen molar-refractivity contribution in [3.63, 3.8) is 0 Å². The molecular formula is C11H19N3. The molecule has 0 saturated carbocycles. The van der Waals surface area contributed by atoms with Crippen LogP contribution in [0.5, 0.6) is 0 Å². The second-order valence-electron chi connectivity index (χ2n) is 3.90. The maximum atomic E-state index is 5.57. The molecule has 14 heavy (non-hydrogen) atoms. The molecule has 0 aliphatic rings. The highest BCUT2D eigenvalue weighted by molar-refractivity contribution is 5.07. The summed E-state index contributed by atoms with van der Waals surface area (Å²) in [6.07, 6.45) is 3.70. The molecule has 78 valence electrons. The predicted octanol–water partition coefficient (Wildman–Crippen LogP) is 1.11. The summed E-state index contributed by atoms with van der Waals surface area (Å²) in [5.41, 5.74) is 6.82. The first-order valence-electron chi connectivity index (χ1n) is 5.00. The Morgan fingerprint density at radius 2 is 2.36 bits per heavy atom. The van der Waals surface area contributed by atoms with Gasteiger partial charge in [0, 0.05) is 25.5 Å². The zero-order chi connectivity index (χ0) is 10.4. The molecule has 3 nitrogen and oxygen atoms in total. The molecule has 0 aliphatic heterocycles. The molecule has 0 saturated heterocycles. The minimum absolute atomic E-state index is 0.552. The van der Waals surface area contributed by atoms with Gasteiger partial charge >= 0.3 is 0 Å². The third kappa shape index (κ3) is 3.85. The Kier molecular flexibility index (Phi) is 4.56. The zero-order valence-electron chi connectivity index (χ0n) is 8.98. The van der Waals surface area contributed by atoms with E-state index >= 15 is 0 Å². The maximum absolute atomic E-state index is 5.57. The fourth-order valence-electron chi connectivity index (χ4n) is 1.47. The van der Waals surface area contributed by atoms with Crippen LogP contribution in [0.2, 0.25) is 0 Å². The lowest BCUT2D eigenvalue weighted by Crippen LogP contribution is -2.28. The monoisotopic (exact) mass is 193 g/mol. The van der Waals surface area contributed by atoms with E-state index in [9.17, 15) is 0 Å². The van der Waals surface area contributed by atoms with E-state index in [4.69, 9.17) is 5.73 Å². The lowest BCUT2D eigenvalue weighted by molar-refractivity contribution is 0.281. The Morgan fingerprint density at radius 1 is 1.57 bits per heavy atom. The smallest absolute Gasteiger partial charge is 0.0312 e. The first-order valence-corrected chi connectivity index (χ1v) is 5.00. The summed E-state index contributed by atoms with van der Waals surface area (Å²) < 4.78 is 0. The number of hydrogen-bond donors (Lipinski definition) is 1. The number of pyridine rings is 1. The SMILES string of the molecule is CC(CN)CN(C)Cc1cccnc1. The number of nitrogens with two attached hydrogens (primary N) is 1. The van der Waals surface area contributed by atoms with Gasteiger partial charge in [0.25, 0.3) is 0 Å².